The van der Waals surface area contributed by atoms with Gasteiger partial charge in [0.05, 0.1) is 4.90 Å². The monoisotopic (exact) mass is 295 g/mol. The number of hydrogen-bond donors (Lipinski definition) is 2. The third-order valence-electron chi connectivity index (χ3n) is 3.21. The van der Waals surface area contributed by atoms with Crippen molar-refractivity contribution in [2.75, 3.05) is 13.2 Å². The van der Waals surface area contributed by atoms with Crippen LogP contribution in [0.3, 0.4) is 0 Å². The van der Waals surface area contributed by atoms with Gasteiger partial charge in [-0.15, -0.1) is 13.2 Å². The fourth-order valence-electron chi connectivity index (χ4n) is 1.80. The quantitative estimate of drug-likeness (QED) is 0.720. The second kappa shape index (κ2) is 7.38. The van der Waals surface area contributed by atoms with E-state index in [0.717, 1.165) is 5.56 Å². The molecule has 0 unspecified atom stereocenters. The number of nitrogens with one attached hydrogen (secondary N) is 1. The Bertz CT molecular complexity index is 549. The lowest BCUT2D eigenvalue weighted by Gasteiger charge is -2.19. The lowest BCUT2D eigenvalue weighted by atomic mass is 9.93. The Morgan fingerprint density at radius 3 is 2.20 bits per heavy atom. The number of hydrogen-bond acceptors (Lipinski definition) is 3. The predicted octanol–water partition coefficient (Wildman–Crippen LogP) is 1.87. The summed E-state index contributed by atoms with van der Waals surface area (Å²) in [6.07, 6.45) is 3.23. The highest BCUT2D eigenvalue weighted by Gasteiger charge is 2.19. The van der Waals surface area contributed by atoms with E-state index < -0.39 is 10.0 Å². The Kier molecular flexibility index (Phi) is 6.13. The molecule has 0 saturated carbocycles. The van der Waals surface area contributed by atoms with Crippen LogP contribution in [0.4, 0.5) is 0 Å². The van der Waals surface area contributed by atoms with Crippen LogP contribution in [0.25, 0.3) is 0 Å². The Balaban J connectivity index is 2.78. The van der Waals surface area contributed by atoms with Crippen LogP contribution in [-0.2, 0) is 10.0 Å². The highest BCUT2D eigenvalue weighted by molar-refractivity contribution is 7.89. The van der Waals surface area contributed by atoms with Crippen molar-refractivity contribution in [3.8, 4) is 0 Å². The third kappa shape index (κ3) is 4.30. The van der Waals surface area contributed by atoms with Gasteiger partial charge in [0.15, 0.2) is 0 Å². The molecule has 0 aliphatic carbocycles. The van der Waals surface area contributed by atoms with E-state index in [1.54, 1.807) is 36.4 Å². The Hall–Kier alpha value is -1.43. The molecule has 0 bridgehead atoms. The molecule has 20 heavy (non-hydrogen) atoms. The maximum atomic E-state index is 12.1. The average Bonchev–Trinajstić information content (AvgIpc) is 2.44. The van der Waals surface area contributed by atoms with E-state index >= 15 is 0 Å². The van der Waals surface area contributed by atoms with Crippen LogP contribution in [0.5, 0.6) is 0 Å². The van der Waals surface area contributed by atoms with Crippen LogP contribution < -0.4 is 4.72 Å². The lowest BCUT2D eigenvalue weighted by molar-refractivity contribution is 0.225. The zero-order valence-corrected chi connectivity index (χ0v) is 12.4. The maximum Gasteiger partial charge on any atom is 0.240 e. The molecule has 0 aliphatic heterocycles. The number of rotatable bonds is 8. The highest BCUT2D eigenvalue weighted by Crippen LogP contribution is 2.15. The van der Waals surface area contributed by atoms with Gasteiger partial charge in [-0.1, -0.05) is 29.8 Å². The van der Waals surface area contributed by atoms with E-state index in [1.807, 2.05) is 6.92 Å². The summed E-state index contributed by atoms with van der Waals surface area (Å²) >= 11 is 0. The molecule has 0 spiro atoms. The van der Waals surface area contributed by atoms with Gasteiger partial charge in [0.25, 0.3) is 0 Å². The standard InChI is InChI=1S/C15H21NO3S/c1-4-13(14(5-2)11-17)10-16-20(18,19)15-8-6-12(3)7-9-15/h4-9,13-14,16-17H,1-2,10-11H2,3H3/t13-,14-/m1/s1. The molecule has 1 aromatic rings. The first kappa shape index (κ1) is 16.6. The summed E-state index contributed by atoms with van der Waals surface area (Å²) in [6, 6.07) is 6.63. The normalized spacial score (nSPS) is 14.5. The van der Waals surface area contributed by atoms with Gasteiger partial charge >= 0.3 is 0 Å². The summed E-state index contributed by atoms with van der Waals surface area (Å²) < 4.78 is 26.8. The fourth-order valence-corrected chi connectivity index (χ4v) is 2.87. The predicted molar refractivity (Wildman–Crippen MR) is 80.8 cm³/mol. The van der Waals surface area contributed by atoms with Gasteiger partial charge in [0, 0.05) is 19.1 Å². The largest absolute Gasteiger partial charge is 0.396 e. The van der Waals surface area contributed by atoms with Crippen LogP contribution in [0, 0.1) is 18.8 Å². The minimum Gasteiger partial charge on any atom is -0.396 e. The molecule has 4 nitrogen and oxygen atoms in total. The molecule has 110 valence electrons. The molecular weight excluding hydrogens is 274 g/mol. The Morgan fingerprint density at radius 1 is 1.20 bits per heavy atom. The molecule has 0 heterocycles. The van der Waals surface area contributed by atoms with E-state index in [4.69, 9.17) is 0 Å². The van der Waals surface area contributed by atoms with Crippen molar-refractivity contribution in [3.05, 3.63) is 55.1 Å². The van der Waals surface area contributed by atoms with Crippen molar-refractivity contribution in [2.24, 2.45) is 11.8 Å². The minimum atomic E-state index is -3.55. The van der Waals surface area contributed by atoms with Gasteiger partial charge < -0.3 is 5.11 Å². The topological polar surface area (TPSA) is 66.4 Å². The molecule has 2 atom stereocenters. The van der Waals surface area contributed by atoms with Crippen LogP contribution in [0.1, 0.15) is 5.56 Å². The van der Waals surface area contributed by atoms with E-state index in [0.29, 0.717) is 0 Å². The van der Waals surface area contributed by atoms with Gasteiger partial charge in [-0.3, -0.25) is 0 Å². The number of aliphatic hydroxyl groups excluding tert-OH is 1. The molecular formula is C15H21NO3S. The van der Waals surface area contributed by atoms with Gasteiger partial charge in [-0.2, -0.15) is 0 Å². The number of benzene rings is 1. The number of sulfonamides is 1. The fraction of sp³-hybridized carbons (Fsp3) is 0.333. The molecule has 0 radical (unpaired) electrons. The summed E-state index contributed by atoms with van der Waals surface area (Å²) in [5.41, 5.74) is 1.000. The van der Waals surface area contributed by atoms with Crippen molar-refractivity contribution >= 4 is 10.0 Å². The van der Waals surface area contributed by atoms with E-state index in [2.05, 4.69) is 17.9 Å². The lowest BCUT2D eigenvalue weighted by Crippen LogP contribution is -2.32. The summed E-state index contributed by atoms with van der Waals surface area (Å²) in [5, 5.41) is 9.21. The Labute approximate surface area is 120 Å². The maximum absolute atomic E-state index is 12.1. The van der Waals surface area contributed by atoms with Gasteiger partial charge in [0.1, 0.15) is 0 Å². The van der Waals surface area contributed by atoms with E-state index in [-0.39, 0.29) is 29.9 Å². The van der Waals surface area contributed by atoms with Gasteiger partial charge in [-0.25, -0.2) is 13.1 Å². The smallest absolute Gasteiger partial charge is 0.240 e. The molecule has 0 fully saturated rings. The van der Waals surface area contributed by atoms with Crippen molar-refractivity contribution < 1.29 is 13.5 Å². The Morgan fingerprint density at radius 2 is 1.75 bits per heavy atom. The summed E-state index contributed by atoms with van der Waals surface area (Å²) in [5.74, 6) is -0.411. The van der Waals surface area contributed by atoms with Crippen LogP contribution in [0.15, 0.2) is 54.5 Å². The van der Waals surface area contributed by atoms with E-state index in [1.165, 1.54) is 0 Å². The second-order valence-corrected chi connectivity index (χ2v) is 6.41. The van der Waals surface area contributed by atoms with E-state index in [9.17, 15) is 13.5 Å². The van der Waals surface area contributed by atoms with Crippen LogP contribution in [0.2, 0.25) is 0 Å². The molecule has 5 heteroatoms. The molecule has 0 aliphatic rings. The molecule has 0 aromatic heterocycles. The molecule has 1 aromatic carbocycles. The van der Waals surface area contributed by atoms with Gasteiger partial charge in [0.2, 0.25) is 10.0 Å². The molecule has 2 N–H and O–H groups in total. The SMILES string of the molecule is C=C[C@H](CO)[C@H](C=C)CNS(=O)(=O)c1ccc(C)cc1. The van der Waals surface area contributed by atoms with Crippen molar-refractivity contribution in [1.29, 1.82) is 0 Å². The molecule has 0 amide bonds. The van der Waals surface area contributed by atoms with Crippen molar-refractivity contribution in [3.63, 3.8) is 0 Å². The summed E-state index contributed by atoms with van der Waals surface area (Å²) in [6.45, 7) is 9.28. The summed E-state index contributed by atoms with van der Waals surface area (Å²) in [7, 11) is -3.55. The van der Waals surface area contributed by atoms with Crippen molar-refractivity contribution in [2.45, 2.75) is 11.8 Å². The first-order chi connectivity index (χ1) is 9.44. The van der Waals surface area contributed by atoms with Crippen LogP contribution >= 0.6 is 0 Å². The first-order valence-electron chi connectivity index (χ1n) is 6.37. The zero-order chi connectivity index (χ0) is 15.2. The van der Waals surface area contributed by atoms with Crippen LogP contribution in [-0.4, -0.2) is 26.7 Å². The molecule has 0 saturated heterocycles. The second-order valence-electron chi connectivity index (χ2n) is 4.65. The van der Waals surface area contributed by atoms with Crippen molar-refractivity contribution in [1.82, 2.24) is 4.72 Å². The third-order valence-corrected chi connectivity index (χ3v) is 4.65. The van der Waals surface area contributed by atoms with Gasteiger partial charge in [-0.05, 0) is 25.0 Å². The highest BCUT2D eigenvalue weighted by atomic mass is 32.2. The average molecular weight is 295 g/mol. The minimum absolute atomic E-state index is 0.0908. The molecule has 1 rings (SSSR count). The number of aryl methyl sites for hydroxylation is 1. The number of aliphatic hydroxyl groups is 1. The summed E-state index contributed by atoms with van der Waals surface area (Å²) in [4.78, 5) is 0.227. The zero-order valence-electron chi connectivity index (χ0n) is 11.6. The first-order valence-corrected chi connectivity index (χ1v) is 7.85.